The van der Waals surface area contributed by atoms with Gasteiger partial charge in [0.2, 0.25) is 0 Å². The first-order chi connectivity index (χ1) is 7.93. The van der Waals surface area contributed by atoms with E-state index in [9.17, 15) is 0 Å². The molecule has 0 aromatic heterocycles. The second-order valence-electron chi connectivity index (χ2n) is 5.03. The normalized spacial score (nSPS) is 11.5. The Morgan fingerprint density at radius 2 is 2.00 bits per heavy atom. The van der Waals surface area contributed by atoms with Gasteiger partial charge in [0, 0.05) is 11.2 Å². The van der Waals surface area contributed by atoms with Crippen molar-refractivity contribution in [1.82, 2.24) is 0 Å². The zero-order valence-electron chi connectivity index (χ0n) is 10.9. The van der Waals surface area contributed by atoms with Gasteiger partial charge in [-0.15, -0.1) is 0 Å². The summed E-state index contributed by atoms with van der Waals surface area (Å²) in [5, 5.41) is 7.50. The molecule has 1 rings (SSSR count). The van der Waals surface area contributed by atoms with E-state index in [4.69, 9.17) is 11.1 Å². The van der Waals surface area contributed by atoms with Gasteiger partial charge in [-0.05, 0) is 30.2 Å². The van der Waals surface area contributed by atoms with Gasteiger partial charge in [-0.1, -0.05) is 38.1 Å². The van der Waals surface area contributed by atoms with Crippen LogP contribution in [0.1, 0.15) is 31.4 Å². The van der Waals surface area contributed by atoms with Crippen LogP contribution in [-0.2, 0) is 5.75 Å². The number of benzene rings is 1. The van der Waals surface area contributed by atoms with E-state index in [1.54, 1.807) is 0 Å². The lowest BCUT2D eigenvalue weighted by Crippen LogP contribution is -2.31. The molecule has 3 N–H and O–H groups in total. The van der Waals surface area contributed by atoms with Crippen LogP contribution in [-0.4, -0.2) is 11.6 Å². The van der Waals surface area contributed by atoms with Crippen LogP contribution in [0.5, 0.6) is 0 Å². The van der Waals surface area contributed by atoms with Crippen molar-refractivity contribution >= 4 is 17.6 Å². The number of amidine groups is 1. The summed E-state index contributed by atoms with van der Waals surface area (Å²) < 4.78 is 0. The molecule has 0 saturated heterocycles. The Kier molecular flexibility index (Phi) is 5.06. The summed E-state index contributed by atoms with van der Waals surface area (Å²) in [6, 6.07) is 8.48. The zero-order chi connectivity index (χ0) is 12.9. The Hall–Kier alpha value is -0.960. The van der Waals surface area contributed by atoms with Crippen molar-refractivity contribution < 1.29 is 0 Å². The molecule has 0 radical (unpaired) electrons. The molecule has 0 saturated carbocycles. The molecule has 0 amide bonds. The minimum atomic E-state index is -0.168. The fourth-order valence-electron chi connectivity index (χ4n) is 1.42. The maximum absolute atomic E-state index is 7.50. The van der Waals surface area contributed by atoms with Crippen molar-refractivity contribution in [3.8, 4) is 0 Å². The van der Waals surface area contributed by atoms with Crippen LogP contribution >= 0.6 is 11.8 Å². The van der Waals surface area contributed by atoms with Crippen molar-refractivity contribution in [2.75, 3.05) is 5.75 Å². The van der Waals surface area contributed by atoms with Crippen LogP contribution in [0.25, 0.3) is 0 Å². The minimum Gasteiger partial charge on any atom is -0.387 e. The third-order valence-corrected chi connectivity index (χ3v) is 4.13. The summed E-state index contributed by atoms with van der Waals surface area (Å²) in [5.41, 5.74) is 8.15. The first-order valence-electron chi connectivity index (χ1n) is 5.90. The van der Waals surface area contributed by atoms with Gasteiger partial charge in [-0.25, -0.2) is 0 Å². The first kappa shape index (κ1) is 14.1. The Morgan fingerprint density at radius 1 is 1.35 bits per heavy atom. The third kappa shape index (κ3) is 4.43. The zero-order valence-corrected chi connectivity index (χ0v) is 11.7. The fraction of sp³-hybridized carbons (Fsp3) is 0.500. The summed E-state index contributed by atoms with van der Waals surface area (Å²) in [7, 11) is 0. The average molecular weight is 250 g/mol. The molecule has 17 heavy (non-hydrogen) atoms. The van der Waals surface area contributed by atoms with Crippen LogP contribution in [0.15, 0.2) is 24.3 Å². The predicted octanol–water partition coefficient (Wildman–Crippen LogP) is 3.58. The molecule has 2 nitrogen and oxygen atoms in total. The molecule has 0 bridgehead atoms. The number of aryl methyl sites for hydroxylation is 1. The minimum absolute atomic E-state index is 0.168. The monoisotopic (exact) mass is 250 g/mol. The molecule has 1 aromatic carbocycles. The molecule has 1 aromatic rings. The van der Waals surface area contributed by atoms with Crippen LogP contribution in [0.3, 0.4) is 0 Å². The van der Waals surface area contributed by atoms with Crippen molar-refractivity contribution in [1.29, 1.82) is 5.41 Å². The number of nitrogens with two attached hydrogens (primary N) is 1. The quantitative estimate of drug-likeness (QED) is 0.460. The molecule has 0 fully saturated rings. The van der Waals surface area contributed by atoms with E-state index in [-0.39, 0.29) is 11.3 Å². The van der Waals surface area contributed by atoms with Gasteiger partial charge < -0.3 is 5.73 Å². The second-order valence-corrected chi connectivity index (χ2v) is 6.13. The molecule has 0 unspecified atom stereocenters. The summed E-state index contributed by atoms with van der Waals surface area (Å²) in [5.74, 6) is 2.37. The van der Waals surface area contributed by atoms with E-state index in [1.165, 1.54) is 11.1 Å². The summed E-state index contributed by atoms with van der Waals surface area (Å²) in [4.78, 5) is 0. The number of rotatable bonds is 6. The van der Waals surface area contributed by atoms with Crippen LogP contribution < -0.4 is 5.73 Å². The van der Waals surface area contributed by atoms with Crippen LogP contribution in [0.4, 0.5) is 0 Å². The van der Waals surface area contributed by atoms with Gasteiger partial charge in [-0.2, -0.15) is 11.8 Å². The van der Waals surface area contributed by atoms with Gasteiger partial charge in [-0.3, -0.25) is 5.41 Å². The highest BCUT2D eigenvalue weighted by molar-refractivity contribution is 7.98. The maximum Gasteiger partial charge on any atom is 0.0963 e. The summed E-state index contributed by atoms with van der Waals surface area (Å²) in [6.45, 7) is 6.21. The molecule has 0 aliphatic rings. The predicted molar refractivity (Wildman–Crippen MR) is 77.7 cm³/mol. The Morgan fingerprint density at radius 3 is 2.59 bits per heavy atom. The standard InChI is InChI=1S/C14H22N2S/c1-11-6-4-5-7-12(11)10-17-9-8-14(2,3)13(15)16/h4-7H,8-10H2,1-3H3,(H3,15,16). The fourth-order valence-corrected chi connectivity index (χ4v) is 2.76. The van der Waals surface area contributed by atoms with Crippen LogP contribution in [0, 0.1) is 17.7 Å². The largest absolute Gasteiger partial charge is 0.387 e. The van der Waals surface area contributed by atoms with Crippen molar-refractivity contribution in [2.24, 2.45) is 11.1 Å². The molecule has 0 aliphatic carbocycles. The molecule has 0 atom stereocenters. The van der Waals surface area contributed by atoms with E-state index in [2.05, 4.69) is 31.2 Å². The van der Waals surface area contributed by atoms with Crippen molar-refractivity contribution in [3.05, 3.63) is 35.4 Å². The van der Waals surface area contributed by atoms with Gasteiger partial charge >= 0.3 is 0 Å². The Bertz CT molecular complexity index is 386. The van der Waals surface area contributed by atoms with Gasteiger partial charge in [0.1, 0.15) is 0 Å². The number of nitrogens with one attached hydrogen (secondary N) is 1. The highest BCUT2D eigenvalue weighted by Crippen LogP contribution is 2.24. The van der Waals surface area contributed by atoms with Crippen molar-refractivity contribution in [3.63, 3.8) is 0 Å². The molecule has 0 spiro atoms. The molecule has 94 valence electrons. The lowest BCUT2D eigenvalue weighted by atomic mass is 9.89. The van der Waals surface area contributed by atoms with Crippen molar-refractivity contribution in [2.45, 2.75) is 32.9 Å². The highest BCUT2D eigenvalue weighted by Gasteiger charge is 2.20. The lowest BCUT2D eigenvalue weighted by molar-refractivity contribution is 0.500. The third-order valence-electron chi connectivity index (χ3n) is 3.12. The summed E-state index contributed by atoms with van der Waals surface area (Å²) >= 11 is 1.91. The lowest BCUT2D eigenvalue weighted by Gasteiger charge is -2.22. The topological polar surface area (TPSA) is 49.9 Å². The van der Waals surface area contributed by atoms with Gasteiger partial charge in [0.05, 0.1) is 5.84 Å². The van der Waals surface area contributed by atoms with E-state index in [0.717, 1.165) is 17.9 Å². The number of hydrogen-bond donors (Lipinski definition) is 2. The SMILES string of the molecule is Cc1ccccc1CSCCC(C)(C)C(=N)N. The second kappa shape index (κ2) is 6.10. The van der Waals surface area contributed by atoms with E-state index >= 15 is 0 Å². The Labute approximate surface area is 108 Å². The molecule has 0 aliphatic heterocycles. The highest BCUT2D eigenvalue weighted by atomic mass is 32.2. The summed E-state index contributed by atoms with van der Waals surface area (Å²) in [6.07, 6.45) is 0.957. The average Bonchev–Trinajstić information content (AvgIpc) is 2.26. The Balaban J connectivity index is 2.35. The van der Waals surface area contributed by atoms with Gasteiger partial charge in [0.15, 0.2) is 0 Å². The van der Waals surface area contributed by atoms with E-state index in [1.807, 2.05) is 25.6 Å². The maximum atomic E-state index is 7.50. The smallest absolute Gasteiger partial charge is 0.0963 e. The molecular weight excluding hydrogens is 228 g/mol. The first-order valence-corrected chi connectivity index (χ1v) is 7.06. The number of hydrogen-bond acceptors (Lipinski definition) is 2. The number of thioether (sulfide) groups is 1. The molecule has 3 heteroatoms. The van der Waals surface area contributed by atoms with E-state index in [0.29, 0.717) is 0 Å². The van der Waals surface area contributed by atoms with Gasteiger partial charge in [0.25, 0.3) is 0 Å². The molecule has 0 heterocycles. The van der Waals surface area contributed by atoms with E-state index < -0.39 is 0 Å². The molecular formula is C14H22N2S. The van der Waals surface area contributed by atoms with Crippen LogP contribution in [0.2, 0.25) is 0 Å².